The van der Waals surface area contributed by atoms with Crippen molar-refractivity contribution in [2.75, 3.05) is 62.9 Å². The van der Waals surface area contributed by atoms with E-state index in [2.05, 4.69) is 45.2 Å². The van der Waals surface area contributed by atoms with E-state index in [0.717, 1.165) is 69.9 Å². The average molecular weight is 512 g/mol. The summed E-state index contributed by atoms with van der Waals surface area (Å²) in [5.41, 5.74) is 6.41. The minimum atomic E-state index is -0.419. The van der Waals surface area contributed by atoms with Crippen LogP contribution in [0.25, 0.3) is 0 Å². The predicted octanol–water partition coefficient (Wildman–Crippen LogP) is 5.37. The molecule has 0 bridgehead atoms. The lowest BCUT2D eigenvalue weighted by atomic mass is 10.2. The van der Waals surface area contributed by atoms with Crippen LogP contribution in [0.4, 0.5) is 11.5 Å². The van der Waals surface area contributed by atoms with Gasteiger partial charge >= 0.3 is 5.97 Å². The van der Waals surface area contributed by atoms with Crippen LogP contribution in [0.1, 0.15) is 68.6 Å². The van der Waals surface area contributed by atoms with E-state index < -0.39 is 5.97 Å². The number of nitrogens with one attached hydrogen (secondary N) is 1. The number of ether oxygens (including phenoxy) is 2. The van der Waals surface area contributed by atoms with Gasteiger partial charge in [0, 0.05) is 44.5 Å². The van der Waals surface area contributed by atoms with Gasteiger partial charge in [-0.05, 0) is 31.4 Å². The summed E-state index contributed by atoms with van der Waals surface area (Å²) >= 11 is 0. The maximum absolute atomic E-state index is 12.9. The molecular formula is C29H45N5O3. The third-order valence-electron chi connectivity index (χ3n) is 5.84. The molecule has 0 amide bonds. The number of hydrogen-bond donors (Lipinski definition) is 1. The first-order valence-electron chi connectivity index (χ1n) is 13.7. The molecule has 0 radical (unpaired) electrons. The van der Waals surface area contributed by atoms with Gasteiger partial charge in [0.15, 0.2) is 5.69 Å². The van der Waals surface area contributed by atoms with Crippen molar-refractivity contribution in [2.24, 2.45) is 5.10 Å². The van der Waals surface area contributed by atoms with Crippen LogP contribution in [0.2, 0.25) is 0 Å². The Labute approximate surface area is 223 Å². The molecule has 1 aliphatic rings. The highest BCUT2D eigenvalue weighted by Crippen LogP contribution is 2.22. The number of morpholine rings is 1. The van der Waals surface area contributed by atoms with Crippen molar-refractivity contribution < 1.29 is 14.3 Å². The standard InChI is InChI=1S/C27H39N5O3.C2H6/c1-4-6-11-32(10-5-2)24-19-25(27(33)35-17-14-31-12-15-34-16-13-31)29-26(20-24)30-28-21-23-9-7-8-22(3)18-23;1-2/h7-9,18-21H,4-6,10-17H2,1-3H3,(H,29,30);1-2H3/b28-21+;. The summed E-state index contributed by atoms with van der Waals surface area (Å²) in [5, 5.41) is 4.36. The Hall–Kier alpha value is -2.97. The molecule has 0 atom stereocenters. The van der Waals surface area contributed by atoms with Crippen molar-refractivity contribution in [1.29, 1.82) is 0 Å². The summed E-state index contributed by atoms with van der Waals surface area (Å²) in [6.07, 6.45) is 4.95. The number of hydrogen-bond acceptors (Lipinski definition) is 8. The molecule has 2 heterocycles. The first-order valence-corrected chi connectivity index (χ1v) is 13.7. The van der Waals surface area contributed by atoms with Crippen LogP contribution in [0, 0.1) is 6.92 Å². The van der Waals surface area contributed by atoms with E-state index in [1.807, 2.05) is 51.1 Å². The highest BCUT2D eigenvalue weighted by atomic mass is 16.5. The molecule has 0 unspecified atom stereocenters. The van der Waals surface area contributed by atoms with Gasteiger partial charge < -0.3 is 14.4 Å². The lowest BCUT2D eigenvalue weighted by Gasteiger charge is -2.26. The molecule has 1 aliphatic heterocycles. The van der Waals surface area contributed by atoms with Gasteiger partial charge in [0.2, 0.25) is 0 Å². The van der Waals surface area contributed by atoms with Crippen LogP contribution in [0.3, 0.4) is 0 Å². The van der Waals surface area contributed by atoms with Gasteiger partial charge in [0.1, 0.15) is 12.4 Å². The molecule has 2 aromatic rings. The van der Waals surface area contributed by atoms with Crippen LogP contribution in [-0.2, 0) is 9.47 Å². The number of nitrogens with zero attached hydrogens (tertiary/aromatic N) is 4. The Morgan fingerprint density at radius 3 is 2.65 bits per heavy atom. The number of anilines is 2. The van der Waals surface area contributed by atoms with Crippen molar-refractivity contribution in [3.05, 3.63) is 53.2 Å². The van der Waals surface area contributed by atoms with E-state index in [0.29, 0.717) is 19.0 Å². The van der Waals surface area contributed by atoms with E-state index in [4.69, 9.17) is 9.47 Å². The summed E-state index contributed by atoms with van der Waals surface area (Å²) in [6.45, 7) is 16.4. The molecule has 1 N–H and O–H groups in total. The fourth-order valence-corrected chi connectivity index (χ4v) is 3.94. The van der Waals surface area contributed by atoms with Gasteiger partial charge in [-0.15, -0.1) is 0 Å². The maximum Gasteiger partial charge on any atom is 0.357 e. The number of carbonyl (C=O) groups excluding carboxylic acids is 1. The molecular weight excluding hydrogens is 466 g/mol. The van der Waals surface area contributed by atoms with Crippen molar-refractivity contribution in [2.45, 2.75) is 53.9 Å². The Morgan fingerprint density at radius 1 is 1.16 bits per heavy atom. The Kier molecular flexibility index (Phi) is 14.3. The molecule has 0 spiro atoms. The van der Waals surface area contributed by atoms with Crippen molar-refractivity contribution >= 4 is 23.7 Å². The summed E-state index contributed by atoms with van der Waals surface area (Å²) in [7, 11) is 0. The number of carbonyl (C=O) groups is 1. The summed E-state index contributed by atoms with van der Waals surface area (Å²) in [4.78, 5) is 22.0. The van der Waals surface area contributed by atoms with Crippen molar-refractivity contribution in [3.63, 3.8) is 0 Å². The Bertz CT molecular complexity index is 960. The zero-order valence-corrected chi connectivity index (χ0v) is 23.3. The van der Waals surface area contributed by atoms with Crippen LogP contribution in [0.15, 0.2) is 41.5 Å². The van der Waals surface area contributed by atoms with Crippen LogP contribution in [-0.4, -0.2) is 74.6 Å². The molecule has 0 aliphatic carbocycles. The highest BCUT2D eigenvalue weighted by molar-refractivity contribution is 5.89. The van der Waals surface area contributed by atoms with Crippen molar-refractivity contribution in [3.8, 4) is 0 Å². The molecule has 0 saturated carbocycles. The maximum atomic E-state index is 12.9. The normalized spacial score (nSPS) is 13.6. The second kappa shape index (κ2) is 17.5. The molecule has 1 fully saturated rings. The van der Waals surface area contributed by atoms with E-state index in [1.54, 1.807) is 6.21 Å². The fraction of sp³-hybridized carbons (Fsp3) is 0.552. The largest absolute Gasteiger partial charge is 0.460 e. The van der Waals surface area contributed by atoms with Crippen LogP contribution < -0.4 is 10.3 Å². The number of hydrazone groups is 1. The number of pyridine rings is 1. The van der Waals surface area contributed by atoms with E-state index in [9.17, 15) is 4.79 Å². The van der Waals surface area contributed by atoms with Crippen LogP contribution in [0.5, 0.6) is 0 Å². The molecule has 1 saturated heterocycles. The zero-order chi connectivity index (χ0) is 26.9. The van der Waals surface area contributed by atoms with Gasteiger partial charge in [-0.1, -0.05) is 63.9 Å². The average Bonchev–Trinajstić information content (AvgIpc) is 2.92. The number of aryl methyl sites for hydroxylation is 1. The van der Waals surface area contributed by atoms with E-state index in [1.165, 1.54) is 5.56 Å². The second-order valence-electron chi connectivity index (χ2n) is 8.81. The SMILES string of the molecule is CC.CCCCN(CCC)c1cc(N/N=C/c2cccc(C)c2)nc(C(=O)OCCN2CCOCC2)c1. The fourth-order valence-electron chi connectivity index (χ4n) is 3.94. The monoisotopic (exact) mass is 511 g/mol. The smallest absolute Gasteiger partial charge is 0.357 e. The Morgan fingerprint density at radius 2 is 1.95 bits per heavy atom. The molecule has 8 heteroatoms. The number of rotatable bonds is 13. The zero-order valence-electron chi connectivity index (χ0n) is 23.3. The van der Waals surface area contributed by atoms with Gasteiger partial charge in [-0.2, -0.15) is 5.10 Å². The summed E-state index contributed by atoms with van der Waals surface area (Å²) in [5.74, 6) is 0.0990. The van der Waals surface area contributed by atoms with E-state index in [-0.39, 0.29) is 5.69 Å². The van der Waals surface area contributed by atoms with Crippen LogP contribution >= 0.6 is 0 Å². The Balaban J connectivity index is 0.00000235. The van der Waals surface area contributed by atoms with Crippen molar-refractivity contribution in [1.82, 2.24) is 9.88 Å². The number of aromatic nitrogens is 1. The first-order chi connectivity index (χ1) is 18.1. The number of benzene rings is 1. The molecule has 1 aromatic heterocycles. The molecule has 204 valence electrons. The minimum absolute atomic E-state index is 0.287. The molecule has 8 nitrogen and oxygen atoms in total. The lowest BCUT2D eigenvalue weighted by Crippen LogP contribution is -2.38. The topological polar surface area (TPSA) is 79.3 Å². The minimum Gasteiger partial charge on any atom is -0.460 e. The number of unbranched alkanes of at least 4 members (excludes halogenated alkanes) is 1. The summed E-state index contributed by atoms with van der Waals surface area (Å²) < 4.78 is 11.0. The quantitative estimate of drug-likeness (QED) is 0.220. The second-order valence-corrected chi connectivity index (χ2v) is 8.81. The molecule has 3 rings (SSSR count). The third-order valence-corrected chi connectivity index (χ3v) is 5.84. The van der Waals surface area contributed by atoms with Gasteiger partial charge in [0.25, 0.3) is 0 Å². The van der Waals surface area contributed by atoms with Gasteiger partial charge in [0.05, 0.1) is 19.4 Å². The third kappa shape index (κ3) is 10.9. The summed E-state index contributed by atoms with van der Waals surface area (Å²) in [6, 6.07) is 11.9. The highest BCUT2D eigenvalue weighted by Gasteiger charge is 2.17. The predicted molar refractivity (Wildman–Crippen MR) is 153 cm³/mol. The first kappa shape index (κ1) is 30.3. The van der Waals surface area contributed by atoms with Gasteiger partial charge in [-0.25, -0.2) is 9.78 Å². The lowest BCUT2D eigenvalue weighted by molar-refractivity contribution is 0.0193. The molecule has 37 heavy (non-hydrogen) atoms. The van der Waals surface area contributed by atoms with E-state index >= 15 is 0 Å². The van der Waals surface area contributed by atoms with Gasteiger partial charge in [-0.3, -0.25) is 10.3 Å². The molecule has 1 aromatic carbocycles. The number of esters is 1.